The van der Waals surface area contributed by atoms with Crippen molar-refractivity contribution in [2.24, 2.45) is 0 Å². The lowest BCUT2D eigenvalue weighted by molar-refractivity contribution is 0.0854. The van der Waals surface area contributed by atoms with E-state index in [1.54, 1.807) is 12.3 Å². The lowest BCUT2D eigenvalue weighted by atomic mass is 10.2. The summed E-state index contributed by atoms with van der Waals surface area (Å²) in [5.41, 5.74) is 1.55. The van der Waals surface area contributed by atoms with Crippen molar-refractivity contribution in [3.8, 4) is 0 Å². The van der Waals surface area contributed by atoms with Gasteiger partial charge in [0.05, 0.1) is 18.0 Å². The Kier molecular flexibility index (Phi) is 6.65. The molecule has 1 N–H and O–H groups in total. The third-order valence-electron chi connectivity index (χ3n) is 3.85. The van der Waals surface area contributed by atoms with E-state index in [0.29, 0.717) is 12.2 Å². The number of rotatable bonds is 8. The van der Waals surface area contributed by atoms with Gasteiger partial charge in [-0.25, -0.2) is 4.98 Å². The van der Waals surface area contributed by atoms with Gasteiger partial charge in [-0.05, 0) is 37.8 Å². The third-order valence-corrected chi connectivity index (χ3v) is 3.85. The minimum Gasteiger partial charge on any atom is -0.376 e. The minimum atomic E-state index is -0.125. The number of amides is 1. The van der Waals surface area contributed by atoms with Crippen LogP contribution < -0.4 is 10.2 Å². The summed E-state index contributed by atoms with van der Waals surface area (Å²) in [6, 6.07) is 3.79. The lowest BCUT2D eigenvalue weighted by Gasteiger charge is -2.23. The zero-order valence-electron chi connectivity index (χ0n) is 13.7. The Morgan fingerprint density at radius 3 is 2.68 bits per heavy atom. The van der Waals surface area contributed by atoms with Gasteiger partial charge in [-0.3, -0.25) is 4.79 Å². The molecule has 1 aromatic heterocycles. The van der Waals surface area contributed by atoms with Gasteiger partial charge in [0.2, 0.25) is 0 Å². The van der Waals surface area contributed by atoms with Gasteiger partial charge in [-0.15, -0.1) is 0 Å². The van der Waals surface area contributed by atoms with Crippen molar-refractivity contribution in [1.82, 2.24) is 10.3 Å². The number of ether oxygens (including phenoxy) is 1. The molecule has 0 saturated carbocycles. The molecule has 0 spiro atoms. The zero-order valence-corrected chi connectivity index (χ0v) is 13.7. The van der Waals surface area contributed by atoms with Crippen LogP contribution in [0.15, 0.2) is 18.3 Å². The van der Waals surface area contributed by atoms with Crippen molar-refractivity contribution >= 4 is 11.6 Å². The molecule has 1 unspecified atom stereocenters. The molecule has 5 heteroatoms. The summed E-state index contributed by atoms with van der Waals surface area (Å²) >= 11 is 0. The molecule has 5 nitrogen and oxygen atoms in total. The first kappa shape index (κ1) is 16.7. The van der Waals surface area contributed by atoms with Crippen molar-refractivity contribution in [3.63, 3.8) is 0 Å². The van der Waals surface area contributed by atoms with Crippen LogP contribution in [0.1, 0.15) is 50.0 Å². The van der Waals surface area contributed by atoms with Crippen molar-refractivity contribution in [2.75, 3.05) is 31.1 Å². The Hall–Kier alpha value is -1.62. The smallest absolute Gasteiger partial charge is 0.269 e. The number of hydrogen-bond acceptors (Lipinski definition) is 4. The van der Waals surface area contributed by atoms with Crippen LogP contribution in [0.25, 0.3) is 0 Å². The fraction of sp³-hybridized carbons (Fsp3) is 0.647. The van der Waals surface area contributed by atoms with E-state index in [1.165, 1.54) is 0 Å². The number of anilines is 1. The van der Waals surface area contributed by atoms with Crippen molar-refractivity contribution in [3.05, 3.63) is 24.0 Å². The standard InChI is InChI=1S/C17H27N3O2/c1-3-9-20(10-4-2)14-7-8-16(18-12-14)17(21)19-13-15-6-5-11-22-15/h7-8,12,15H,3-6,9-11,13H2,1-2H3,(H,19,21). The summed E-state index contributed by atoms with van der Waals surface area (Å²) in [6.07, 6.45) is 6.26. The lowest BCUT2D eigenvalue weighted by Crippen LogP contribution is -2.32. The van der Waals surface area contributed by atoms with Gasteiger partial charge < -0.3 is 15.0 Å². The first-order valence-corrected chi connectivity index (χ1v) is 8.35. The van der Waals surface area contributed by atoms with Crippen LogP contribution in [-0.2, 0) is 4.74 Å². The van der Waals surface area contributed by atoms with E-state index >= 15 is 0 Å². The molecule has 0 radical (unpaired) electrons. The van der Waals surface area contributed by atoms with E-state index in [2.05, 4.69) is 29.0 Å². The number of carbonyl (C=O) groups excluding carboxylic acids is 1. The number of pyridine rings is 1. The predicted octanol–water partition coefficient (Wildman–Crippen LogP) is 2.62. The molecule has 1 saturated heterocycles. The summed E-state index contributed by atoms with van der Waals surface area (Å²) in [5, 5.41) is 2.90. The van der Waals surface area contributed by atoms with E-state index in [4.69, 9.17) is 4.74 Å². The van der Waals surface area contributed by atoms with Gasteiger partial charge >= 0.3 is 0 Å². The third kappa shape index (κ3) is 4.70. The normalized spacial score (nSPS) is 17.5. The highest BCUT2D eigenvalue weighted by molar-refractivity contribution is 5.92. The highest BCUT2D eigenvalue weighted by Crippen LogP contribution is 2.14. The van der Waals surface area contributed by atoms with Crippen molar-refractivity contribution < 1.29 is 9.53 Å². The average Bonchev–Trinajstić information content (AvgIpc) is 3.06. The van der Waals surface area contributed by atoms with Crippen LogP contribution in [0, 0.1) is 0 Å². The van der Waals surface area contributed by atoms with Gasteiger partial charge in [0.1, 0.15) is 5.69 Å². The fourth-order valence-electron chi connectivity index (χ4n) is 2.72. The minimum absolute atomic E-state index is 0.125. The van der Waals surface area contributed by atoms with Crippen LogP contribution in [0.4, 0.5) is 5.69 Å². The zero-order chi connectivity index (χ0) is 15.8. The molecule has 0 aromatic carbocycles. The molecule has 1 aliphatic heterocycles. The topological polar surface area (TPSA) is 54.5 Å². The number of hydrogen-bond donors (Lipinski definition) is 1. The monoisotopic (exact) mass is 305 g/mol. The van der Waals surface area contributed by atoms with Crippen LogP contribution in [0.2, 0.25) is 0 Å². The summed E-state index contributed by atoms with van der Waals surface area (Å²) in [6.45, 7) is 7.74. The van der Waals surface area contributed by atoms with Gasteiger partial charge in [0.15, 0.2) is 0 Å². The summed E-state index contributed by atoms with van der Waals surface area (Å²) < 4.78 is 5.50. The number of aromatic nitrogens is 1. The molecule has 122 valence electrons. The van der Waals surface area contributed by atoms with E-state index in [0.717, 1.165) is 51.1 Å². The maximum absolute atomic E-state index is 12.1. The average molecular weight is 305 g/mol. The molecule has 1 aliphatic rings. The molecule has 0 aliphatic carbocycles. The highest BCUT2D eigenvalue weighted by atomic mass is 16.5. The quantitative estimate of drug-likeness (QED) is 0.802. The highest BCUT2D eigenvalue weighted by Gasteiger charge is 2.17. The molecular formula is C17H27N3O2. The molecule has 2 rings (SSSR count). The van der Waals surface area contributed by atoms with Crippen LogP contribution in [0.5, 0.6) is 0 Å². The van der Waals surface area contributed by atoms with Crippen molar-refractivity contribution in [1.29, 1.82) is 0 Å². The molecule has 22 heavy (non-hydrogen) atoms. The largest absolute Gasteiger partial charge is 0.376 e. The van der Waals surface area contributed by atoms with E-state index in [1.807, 2.05) is 6.07 Å². The SMILES string of the molecule is CCCN(CCC)c1ccc(C(=O)NCC2CCCO2)nc1. The molecular weight excluding hydrogens is 278 g/mol. The Balaban J connectivity index is 1.90. The summed E-state index contributed by atoms with van der Waals surface area (Å²) in [5.74, 6) is -0.125. The Labute approximate surface area is 133 Å². The Morgan fingerprint density at radius 2 is 2.14 bits per heavy atom. The van der Waals surface area contributed by atoms with Gasteiger partial charge in [0.25, 0.3) is 5.91 Å². The second kappa shape index (κ2) is 8.73. The maximum Gasteiger partial charge on any atom is 0.269 e. The predicted molar refractivity (Wildman–Crippen MR) is 88.3 cm³/mol. The Morgan fingerprint density at radius 1 is 1.36 bits per heavy atom. The van der Waals surface area contributed by atoms with Gasteiger partial charge in [0, 0.05) is 26.2 Å². The van der Waals surface area contributed by atoms with Crippen molar-refractivity contribution in [2.45, 2.75) is 45.6 Å². The Bertz CT molecular complexity index is 449. The fourth-order valence-corrected chi connectivity index (χ4v) is 2.72. The van der Waals surface area contributed by atoms with Gasteiger partial charge in [-0.2, -0.15) is 0 Å². The number of carbonyl (C=O) groups is 1. The number of nitrogens with zero attached hydrogens (tertiary/aromatic N) is 2. The maximum atomic E-state index is 12.1. The summed E-state index contributed by atoms with van der Waals surface area (Å²) in [4.78, 5) is 18.7. The molecule has 1 fully saturated rings. The van der Waals surface area contributed by atoms with Crippen LogP contribution >= 0.6 is 0 Å². The first-order chi connectivity index (χ1) is 10.7. The van der Waals surface area contributed by atoms with Crippen LogP contribution in [0.3, 0.4) is 0 Å². The molecule has 2 heterocycles. The van der Waals surface area contributed by atoms with Gasteiger partial charge in [-0.1, -0.05) is 13.8 Å². The second-order valence-electron chi connectivity index (χ2n) is 5.73. The summed E-state index contributed by atoms with van der Waals surface area (Å²) in [7, 11) is 0. The molecule has 0 bridgehead atoms. The molecule has 1 amide bonds. The number of nitrogens with one attached hydrogen (secondary N) is 1. The first-order valence-electron chi connectivity index (χ1n) is 8.35. The second-order valence-corrected chi connectivity index (χ2v) is 5.73. The van der Waals surface area contributed by atoms with E-state index in [-0.39, 0.29) is 12.0 Å². The van der Waals surface area contributed by atoms with Crippen LogP contribution in [-0.4, -0.2) is 43.2 Å². The van der Waals surface area contributed by atoms with E-state index in [9.17, 15) is 4.79 Å². The molecule has 1 atom stereocenters. The van der Waals surface area contributed by atoms with E-state index < -0.39 is 0 Å². The molecule has 1 aromatic rings.